The van der Waals surface area contributed by atoms with E-state index in [4.69, 9.17) is 15.3 Å². The molecule has 0 saturated carbocycles. The van der Waals surface area contributed by atoms with Gasteiger partial charge in [0.05, 0.1) is 12.7 Å². The molecular formula is C11H11NO3. The number of hydrogen-bond acceptors (Lipinski definition) is 3. The van der Waals surface area contributed by atoms with Crippen molar-refractivity contribution in [2.45, 2.75) is 12.5 Å². The number of aliphatic carboxylic acids is 1. The highest BCUT2D eigenvalue weighted by Crippen LogP contribution is 2.21. The molecule has 0 fully saturated rings. The van der Waals surface area contributed by atoms with E-state index in [1.165, 1.54) is 0 Å². The first kappa shape index (κ1) is 9.73. The molecule has 0 spiro atoms. The van der Waals surface area contributed by atoms with Gasteiger partial charge in [-0.15, -0.1) is 0 Å². The summed E-state index contributed by atoms with van der Waals surface area (Å²) < 4.78 is 5.18. The van der Waals surface area contributed by atoms with Crippen LogP contribution in [0.5, 0.6) is 0 Å². The van der Waals surface area contributed by atoms with Crippen molar-refractivity contribution in [1.82, 2.24) is 0 Å². The summed E-state index contributed by atoms with van der Waals surface area (Å²) in [5.74, 6) is -0.894. The van der Waals surface area contributed by atoms with Crippen molar-refractivity contribution in [3.8, 4) is 0 Å². The first-order valence-corrected chi connectivity index (χ1v) is 4.61. The second-order valence-electron chi connectivity index (χ2n) is 3.42. The lowest BCUT2D eigenvalue weighted by Crippen LogP contribution is -2.14. The molecule has 0 aliphatic heterocycles. The number of carboxylic acids is 1. The molecule has 0 aliphatic rings. The summed E-state index contributed by atoms with van der Waals surface area (Å²) in [6.07, 6.45) is 1.53. The van der Waals surface area contributed by atoms with Gasteiger partial charge in [0, 0.05) is 11.4 Å². The number of nitrogens with two attached hydrogens (primary N) is 1. The highest BCUT2D eigenvalue weighted by atomic mass is 16.4. The van der Waals surface area contributed by atoms with Crippen LogP contribution in [0.15, 0.2) is 34.9 Å². The highest BCUT2D eigenvalue weighted by molar-refractivity contribution is 5.78. The molecule has 1 unspecified atom stereocenters. The molecule has 0 saturated heterocycles. The Morgan fingerprint density at radius 1 is 1.47 bits per heavy atom. The summed E-state index contributed by atoms with van der Waals surface area (Å²) in [4.78, 5) is 10.5. The minimum Gasteiger partial charge on any atom is -0.481 e. The van der Waals surface area contributed by atoms with Crippen LogP contribution < -0.4 is 5.73 Å². The van der Waals surface area contributed by atoms with Gasteiger partial charge in [-0.2, -0.15) is 0 Å². The Kier molecular flexibility index (Phi) is 2.43. The number of fused-ring (bicyclic) bond motifs is 1. The standard InChI is InChI=1S/C11H11NO3/c12-9(6-11(13)14)7-1-2-10-8(5-7)3-4-15-10/h1-5,9H,6,12H2,(H,13,14). The summed E-state index contributed by atoms with van der Waals surface area (Å²) in [5, 5.41) is 9.56. The Morgan fingerprint density at radius 3 is 3.00 bits per heavy atom. The topological polar surface area (TPSA) is 76.5 Å². The van der Waals surface area contributed by atoms with Crippen molar-refractivity contribution in [3.63, 3.8) is 0 Å². The summed E-state index contributed by atoms with van der Waals surface area (Å²) in [5.41, 5.74) is 7.33. The van der Waals surface area contributed by atoms with Crippen molar-refractivity contribution < 1.29 is 14.3 Å². The Hall–Kier alpha value is -1.81. The van der Waals surface area contributed by atoms with Gasteiger partial charge in [-0.1, -0.05) is 6.07 Å². The zero-order valence-corrected chi connectivity index (χ0v) is 8.01. The van der Waals surface area contributed by atoms with Crippen LogP contribution in [-0.4, -0.2) is 11.1 Å². The molecule has 1 aromatic carbocycles. The Labute approximate surface area is 86.3 Å². The molecule has 4 nitrogen and oxygen atoms in total. The zero-order valence-electron chi connectivity index (χ0n) is 8.01. The van der Waals surface area contributed by atoms with Gasteiger partial charge in [-0.05, 0) is 23.8 Å². The molecule has 1 atom stereocenters. The summed E-state index contributed by atoms with van der Waals surface area (Å²) >= 11 is 0. The lowest BCUT2D eigenvalue weighted by atomic mass is 10.0. The SMILES string of the molecule is NC(CC(=O)O)c1ccc2occc2c1. The van der Waals surface area contributed by atoms with Crippen LogP contribution in [0.2, 0.25) is 0 Å². The number of furan rings is 1. The van der Waals surface area contributed by atoms with E-state index in [-0.39, 0.29) is 6.42 Å². The van der Waals surface area contributed by atoms with Gasteiger partial charge in [0.15, 0.2) is 0 Å². The normalized spacial score (nSPS) is 12.9. The Morgan fingerprint density at radius 2 is 2.27 bits per heavy atom. The number of hydrogen-bond donors (Lipinski definition) is 2. The van der Waals surface area contributed by atoms with Crippen LogP contribution in [0.3, 0.4) is 0 Å². The lowest BCUT2D eigenvalue weighted by molar-refractivity contribution is -0.137. The first-order valence-electron chi connectivity index (χ1n) is 4.61. The van der Waals surface area contributed by atoms with Crippen molar-refractivity contribution in [3.05, 3.63) is 36.1 Å². The van der Waals surface area contributed by atoms with Crippen molar-refractivity contribution >= 4 is 16.9 Å². The second-order valence-corrected chi connectivity index (χ2v) is 3.42. The van der Waals surface area contributed by atoms with Crippen molar-refractivity contribution in [2.75, 3.05) is 0 Å². The van der Waals surface area contributed by atoms with Gasteiger partial charge in [0.25, 0.3) is 0 Å². The van der Waals surface area contributed by atoms with Gasteiger partial charge < -0.3 is 15.3 Å². The van der Waals surface area contributed by atoms with Gasteiger partial charge in [-0.25, -0.2) is 0 Å². The third-order valence-electron chi connectivity index (χ3n) is 2.30. The molecular weight excluding hydrogens is 194 g/mol. The predicted octanol–water partition coefficient (Wildman–Crippen LogP) is 1.91. The minimum atomic E-state index is -0.894. The highest BCUT2D eigenvalue weighted by Gasteiger charge is 2.11. The van der Waals surface area contributed by atoms with E-state index in [1.54, 1.807) is 18.4 Å². The van der Waals surface area contributed by atoms with Crippen LogP contribution in [0.25, 0.3) is 11.0 Å². The van der Waals surface area contributed by atoms with E-state index in [0.29, 0.717) is 0 Å². The molecule has 15 heavy (non-hydrogen) atoms. The number of carbonyl (C=O) groups is 1. The van der Waals surface area contributed by atoms with E-state index < -0.39 is 12.0 Å². The van der Waals surface area contributed by atoms with Gasteiger partial charge >= 0.3 is 5.97 Å². The molecule has 2 rings (SSSR count). The second kappa shape index (κ2) is 3.74. The Balaban J connectivity index is 2.30. The molecule has 2 aromatic rings. The van der Waals surface area contributed by atoms with E-state index in [0.717, 1.165) is 16.5 Å². The third-order valence-corrected chi connectivity index (χ3v) is 2.30. The largest absolute Gasteiger partial charge is 0.481 e. The monoisotopic (exact) mass is 205 g/mol. The van der Waals surface area contributed by atoms with Gasteiger partial charge in [-0.3, -0.25) is 4.79 Å². The molecule has 0 bridgehead atoms. The quantitative estimate of drug-likeness (QED) is 0.802. The number of carboxylic acid groups (broad SMARTS) is 1. The molecule has 3 N–H and O–H groups in total. The molecule has 1 heterocycles. The van der Waals surface area contributed by atoms with E-state index in [9.17, 15) is 4.79 Å². The smallest absolute Gasteiger partial charge is 0.305 e. The van der Waals surface area contributed by atoms with E-state index >= 15 is 0 Å². The maximum Gasteiger partial charge on any atom is 0.305 e. The first-order chi connectivity index (χ1) is 7.16. The number of rotatable bonds is 3. The van der Waals surface area contributed by atoms with Crippen LogP contribution in [0, 0.1) is 0 Å². The van der Waals surface area contributed by atoms with Crippen molar-refractivity contribution in [1.29, 1.82) is 0 Å². The lowest BCUT2D eigenvalue weighted by Gasteiger charge is -2.08. The zero-order chi connectivity index (χ0) is 10.8. The Bertz CT molecular complexity index is 489. The molecule has 0 amide bonds. The van der Waals surface area contributed by atoms with Crippen molar-refractivity contribution in [2.24, 2.45) is 5.73 Å². The molecule has 4 heteroatoms. The molecule has 0 aliphatic carbocycles. The predicted molar refractivity (Wildman–Crippen MR) is 55.4 cm³/mol. The van der Waals surface area contributed by atoms with Crippen LogP contribution in [0.1, 0.15) is 18.0 Å². The van der Waals surface area contributed by atoms with Crippen LogP contribution in [-0.2, 0) is 4.79 Å². The van der Waals surface area contributed by atoms with E-state index in [1.807, 2.05) is 12.1 Å². The minimum absolute atomic E-state index is 0.0661. The fourth-order valence-electron chi connectivity index (χ4n) is 1.52. The fourth-order valence-corrected chi connectivity index (χ4v) is 1.52. The van der Waals surface area contributed by atoms with Crippen LogP contribution in [0.4, 0.5) is 0 Å². The molecule has 78 valence electrons. The fraction of sp³-hybridized carbons (Fsp3) is 0.182. The van der Waals surface area contributed by atoms with Crippen LogP contribution >= 0.6 is 0 Å². The summed E-state index contributed by atoms with van der Waals surface area (Å²) in [6.45, 7) is 0. The van der Waals surface area contributed by atoms with E-state index in [2.05, 4.69) is 0 Å². The number of benzene rings is 1. The maximum absolute atomic E-state index is 10.5. The summed E-state index contributed by atoms with van der Waals surface area (Å²) in [7, 11) is 0. The van der Waals surface area contributed by atoms with Gasteiger partial charge in [0.1, 0.15) is 5.58 Å². The molecule has 0 radical (unpaired) electrons. The maximum atomic E-state index is 10.5. The average Bonchev–Trinajstić information content (AvgIpc) is 2.62. The third kappa shape index (κ3) is 1.99. The average molecular weight is 205 g/mol. The summed E-state index contributed by atoms with van der Waals surface area (Å²) in [6, 6.07) is 6.80. The van der Waals surface area contributed by atoms with Gasteiger partial charge in [0.2, 0.25) is 0 Å². The molecule has 1 aromatic heterocycles.